The predicted octanol–water partition coefficient (Wildman–Crippen LogP) is 2.39. The summed E-state index contributed by atoms with van der Waals surface area (Å²) in [6.45, 7) is 1.29. The van der Waals surface area contributed by atoms with E-state index in [1.54, 1.807) is 14.2 Å². The van der Waals surface area contributed by atoms with Gasteiger partial charge in [0.25, 0.3) is 0 Å². The molecule has 17 heavy (non-hydrogen) atoms. The fourth-order valence-electron chi connectivity index (χ4n) is 1.19. The second-order valence-electron chi connectivity index (χ2n) is 3.25. The molecule has 4 nitrogen and oxygen atoms in total. The van der Waals surface area contributed by atoms with Crippen molar-refractivity contribution in [2.45, 2.75) is 0 Å². The van der Waals surface area contributed by atoms with E-state index in [9.17, 15) is 0 Å². The Bertz CT molecular complexity index is 388. The zero-order valence-corrected chi connectivity index (χ0v) is 12.2. The summed E-state index contributed by atoms with van der Waals surface area (Å²) in [5.41, 5.74) is 0.867. The van der Waals surface area contributed by atoms with Crippen LogP contribution < -0.4 is 15.4 Å². The minimum Gasteiger partial charge on any atom is -0.497 e. The Morgan fingerprint density at radius 3 is 2.76 bits per heavy atom. The SMILES string of the molecule is COCCNC(=S)Nc1cc(Br)cc(OC)c1. The number of anilines is 1. The molecular weight excluding hydrogens is 304 g/mol. The summed E-state index contributed by atoms with van der Waals surface area (Å²) in [5, 5.41) is 6.66. The maximum absolute atomic E-state index is 5.16. The van der Waals surface area contributed by atoms with Crippen molar-refractivity contribution < 1.29 is 9.47 Å². The number of methoxy groups -OCH3 is 2. The summed E-state index contributed by atoms with van der Waals surface area (Å²) in [7, 11) is 3.28. The highest BCUT2D eigenvalue weighted by molar-refractivity contribution is 9.10. The molecular formula is C11H15BrN2O2S. The van der Waals surface area contributed by atoms with Gasteiger partial charge in [0.1, 0.15) is 5.75 Å². The summed E-state index contributed by atoms with van der Waals surface area (Å²) in [4.78, 5) is 0. The Hall–Kier alpha value is -0.850. The van der Waals surface area contributed by atoms with Crippen LogP contribution in [0.5, 0.6) is 5.75 Å². The van der Waals surface area contributed by atoms with E-state index in [4.69, 9.17) is 21.7 Å². The summed E-state index contributed by atoms with van der Waals surface area (Å²) in [5.74, 6) is 0.765. The molecule has 0 spiro atoms. The molecule has 0 fully saturated rings. The van der Waals surface area contributed by atoms with Crippen molar-refractivity contribution in [1.29, 1.82) is 0 Å². The Balaban J connectivity index is 2.55. The molecule has 2 N–H and O–H groups in total. The summed E-state index contributed by atoms with van der Waals surface area (Å²) >= 11 is 8.54. The molecule has 1 aromatic carbocycles. The monoisotopic (exact) mass is 318 g/mol. The first-order valence-electron chi connectivity index (χ1n) is 5.04. The van der Waals surface area contributed by atoms with Crippen LogP contribution in [0.25, 0.3) is 0 Å². The van der Waals surface area contributed by atoms with Gasteiger partial charge < -0.3 is 20.1 Å². The van der Waals surface area contributed by atoms with Crippen LogP contribution in [0.4, 0.5) is 5.69 Å². The molecule has 94 valence electrons. The fraction of sp³-hybridized carbons (Fsp3) is 0.364. The van der Waals surface area contributed by atoms with Crippen LogP contribution >= 0.6 is 28.1 Å². The minimum atomic E-state index is 0.558. The normalized spacial score (nSPS) is 9.82. The number of hydrogen-bond acceptors (Lipinski definition) is 3. The van der Waals surface area contributed by atoms with Gasteiger partial charge in [0.2, 0.25) is 0 Å². The quantitative estimate of drug-likeness (QED) is 0.644. The first-order valence-corrected chi connectivity index (χ1v) is 6.24. The lowest BCUT2D eigenvalue weighted by molar-refractivity contribution is 0.204. The lowest BCUT2D eigenvalue weighted by atomic mass is 10.3. The molecule has 0 bridgehead atoms. The van der Waals surface area contributed by atoms with E-state index in [2.05, 4.69) is 26.6 Å². The number of nitrogens with one attached hydrogen (secondary N) is 2. The predicted molar refractivity (Wildman–Crippen MR) is 76.8 cm³/mol. The second kappa shape index (κ2) is 7.47. The summed E-state index contributed by atoms with van der Waals surface area (Å²) in [6, 6.07) is 5.68. The van der Waals surface area contributed by atoms with Crippen LogP contribution in [0.15, 0.2) is 22.7 Å². The van der Waals surface area contributed by atoms with Crippen LogP contribution in [0.1, 0.15) is 0 Å². The summed E-state index contributed by atoms with van der Waals surface area (Å²) < 4.78 is 11.0. The number of ether oxygens (including phenoxy) is 2. The Labute approximate surface area is 115 Å². The average Bonchev–Trinajstić information content (AvgIpc) is 2.28. The Kier molecular flexibility index (Phi) is 6.25. The molecule has 1 rings (SSSR count). The van der Waals surface area contributed by atoms with Crippen molar-refractivity contribution in [1.82, 2.24) is 5.32 Å². The number of thiocarbonyl (C=S) groups is 1. The van der Waals surface area contributed by atoms with E-state index in [-0.39, 0.29) is 0 Å². The maximum atomic E-state index is 5.16. The van der Waals surface area contributed by atoms with Gasteiger partial charge in [-0.2, -0.15) is 0 Å². The third-order valence-electron chi connectivity index (χ3n) is 1.96. The van der Waals surface area contributed by atoms with Gasteiger partial charge in [-0.3, -0.25) is 0 Å². The van der Waals surface area contributed by atoms with Crippen LogP contribution in [-0.2, 0) is 4.74 Å². The first kappa shape index (κ1) is 14.2. The molecule has 0 saturated carbocycles. The van der Waals surface area contributed by atoms with E-state index in [0.717, 1.165) is 15.9 Å². The van der Waals surface area contributed by atoms with Crippen molar-refractivity contribution >= 4 is 38.9 Å². The van der Waals surface area contributed by atoms with E-state index in [1.807, 2.05) is 18.2 Å². The molecule has 0 saturated heterocycles. The van der Waals surface area contributed by atoms with Crippen molar-refractivity contribution in [3.63, 3.8) is 0 Å². The van der Waals surface area contributed by atoms with Crippen LogP contribution in [0.2, 0.25) is 0 Å². The molecule has 0 aromatic heterocycles. The van der Waals surface area contributed by atoms with Crippen molar-refractivity contribution in [3.05, 3.63) is 22.7 Å². The van der Waals surface area contributed by atoms with E-state index < -0.39 is 0 Å². The highest BCUT2D eigenvalue weighted by atomic mass is 79.9. The molecule has 0 aliphatic carbocycles. The van der Waals surface area contributed by atoms with Crippen molar-refractivity contribution in [3.8, 4) is 5.75 Å². The number of hydrogen-bond donors (Lipinski definition) is 2. The zero-order valence-electron chi connectivity index (χ0n) is 9.75. The van der Waals surface area contributed by atoms with Gasteiger partial charge in [0.15, 0.2) is 5.11 Å². The van der Waals surface area contributed by atoms with Gasteiger partial charge in [-0.15, -0.1) is 0 Å². The molecule has 6 heteroatoms. The van der Waals surface area contributed by atoms with Crippen molar-refractivity contribution in [2.75, 3.05) is 32.7 Å². The molecule has 0 unspecified atom stereocenters. The highest BCUT2D eigenvalue weighted by Crippen LogP contribution is 2.24. The lowest BCUT2D eigenvalue weighted by Gasteiger charge is -2.11. The van der Waals surface area contributed by atoms with Gasteiger partial charge >= 0.3 is 0 Å². The third-order valence-corrected chi connectivity index (χ3v) is 2.66. The highest BCUT2D eigenvalue weighted by Gasteiger charge is 2.01. The number of benzene rings is 1. The van der Waals surface area contributed by atoms with Crippen molar-refractivity contribution in [2.24, 2.45) is 0 Å². The maximum Gasteiger partial charge on any atom is 0.170 e. The standard InChI is InChI=1S/C11H15BrN2O2S/c1-15-4-3-13-11(17)14-9-5-8(12)6-10(7-9)16-2/h5-7H,3-4H2,1-2H3,(H2,13,14,17). The van der Waals surface area contributed by atoms with E-state index >= 15 is 0 Å². The second-order valence-corrected chi connectivity index (χ2v) is 4.58. The molecule has 0 amide bonds. The van der Waals surface area contributed by atoms with Gasteiger partial charge in [0, 0.05) is 29.9 Å². The van der Waals surface area contributed by atoms with Gasteiger partial charge in [-0.25, -0.2) is 0 Å². The average molecular weight is 319 g/mol. The number of halogens is 1. The molecule has 0 radical (unpaired) electrons. The smallest absolute Gasteiger partial charge is 0.170 e. The number of rotatable bonds is 5. The van der Waals surface area contributed by atoms with Gasteiger partial charge in [0.05, 0.1) is 13.7 Å². The molecule has 0 aliphatic heterocycles. The fourth-order valence-corrected chi connectivity index (χ4v) is 1.89. The lowest BCUT2D eigenvalue weighted by Crippen LogP contribution is -2.31. The Morgan fingerprint density at radius 2 is 2.12 bits per heavy atom. The van der Waals surface area contributed by atoms with E-state index in [0.29, 0.717) is 18.3 Å². The van der Waals surface area contributed by atoms with Gasteiger partial charge in [-0.05, 0) is 24.4 Å². The van der Waals surface area contributed by atoms with E-state index in [1.165, 1.54) is 0 Å². The van der Waals surface area contributed by atoms with Crippen LogP contribution in [0, 0.1) is 0 Å². The minimum absolute atomic E-state index is 0.558. The topological polar surface area (TPSA) is 42.5 Å². The first-order chi connectivity index (χ1) is 8.15. The van der Waals surface area contributed by atoms with Crippen LogP contribution in [-0.4, -0.2) is 32.5 Å². The van der Waals surface area contributed by atoms with Crippen LogP contribution in [0.3, 0.4) is 0 Å². The molecule has 0 heterocycles. The molecule has 0 atom stereocenters. The zero-order chi connectivity index (χ0) is 12.7. The molecule has 0 aliphatic rings. The largest absolute Gasteiger partial charge is 0.497 e. The Morgan fingerprint density at radius 1 is 1.35 bits per heavy atom. The summed E-state index contributed by atoms with van der Waals surface area (Å²) in [6.07, 6.45) is 0. The third kappa shape index (κ3) is 5.34. The van der Waals surface area contributed by atoms with Gasteiger partial charge in [-0.1, -0.05) is 15.9 Å². The molecule has 1 aromatic rings.